The molecule has 0 spiro atoms. The average Bonchev–Trinajstić information content (AvgIpc) is 3.45. The monoisotopic (exact) mass is 563 g/mol. The highest BCUT2D eigenvalue weighted by Gasteiger charge is 2.20. The molecule has 1 fully saturated rings. The molecule has 41 heavy (non-hydrogen) atoms. The summed E-state index contributed by atoms with van der Waals surface area (Å²) >= 11 is 0. The summed E-state index contributed by atoms with van der Waals surface area (Å²) in [5, 5.41) is 13.4. The van der Waals surface area contributed by atoms with E-state index >= 15 is 0 Å². The van der Waals surface area contributed by atoms with Crippen molar-refractivity contribution in [1.82, 2.24) is 5.32 Å². The van der Waals surface area contributed by atoms with Crippen molar-refractivity contribution in [1.29, 1.82) is 0 Å². The third-order valence-electron chi connectivity index (χ3n) is 6.92. The molecule has 0 unspecified atom stereocenters. The average molecular weight is 564 g/mol. The van der Waals surface area contributed by atoms with E-state index in [0.717, 1.165) is 29.5 Å². The first-order valence-corrected chi connectivity index (χ1v) is 14.6. The van der Waals surface area contributed by atoms with Crippen molar-refractivity contribution in [3.63, 3.8) is 0 Å². The largest absolute Gasteiger partial charge is 0.512 e. The first kappa shape index (κ1) is 31.8. The second-order valence-corrected chi connectivity index (χ2v) is 11.5. The quantitative estimate of drug-likeness (QED) is 0.163. The zero-order valence-corrected chi connectivity index (χ0v) is 25.3. The molecule has 0 aliphatic heterocycles. The Morgan fingerprint density at radius 1 is 1.07 bits per heavy atom. The molecule has 7 nitrogen and oxygen atoms in total. The zero-order valence-electron chi connectivity index (χ0n) is 25.3. The van der Waals surface area contributed by atoms with Gasteiger partial charge in [-0.05, 0) is 88.3 Å². The van der Waals surface area contributed by atoms with E-state index in [0.29, 0.717) is 36.0 Å². The predicted molar refractivity (Wildman–Crippen MR) is 162 cm³/mol. The van der Waals surface area contributed by atoms with Crippen LogP contribution in [0.2, 0.25) is 0 Å². The number of benzene rings is 2. The van der Waals surface area contributed by atoms with Crippen molar-refractivity contribution >= 4 is 17.6 Å². The van der Waals surface area contributed by atoms with Crippen LogP contribution in [0.4, 0.5) is 4.79 Å². The summed E-state index contributed by atoms with van der Waals surface area (Å²) in [6, 6.07) is 13.8. The molecule has 1 amide bonds. The van der Waals surface area contributed by atoms with Gasteiger partial charge < -0.3 is 24.6 Å². The van der Waals surface area contributed by atoms with E-state index in [2.05, 4.69) is 17.4 Å². The molecule has 0 radical (unpaired) electrons. The molecule has 0 saturated heterocycles. The van der Waals surface area contributed by atoms with Gasteiger partial charge in [-0.1, -0.05) is 50.1 Å². The summed E-state index contributed by atoms with van der Waals surface area (Å²) in [4.78, 5) is 24.5. The smallest absolute Gasteiger partial charge is 0.407 e. The minimum atomic E-state index is -0.579. The van der Waals surface area contributed by atoms with Gasteiger partial charge in [-0.15, -0.1) is 0 Å². The topological polar surface area (TPSA) is 94.1 Å². The Morgan fingerprint density at radius 3 is 2.44 bits per heavy atom. The Morgan fingerprint density at radius 2 is 1.80 bits per heavy atom. The fraction of sp³-hybridized carbons (Fsp3) is 0.471. The van der Waals surface area contributed by atoms with Gasteiger partial charge in [0.1, 0.15) is 17.1 Å². The van der Waals surface area contributed by atoms with Gasteiger partial charge in [0.25, 0.3) is 0 Å². The van der Waals surface area contributed by atoms with Gasteiger partial charge in [0.05, 0.1) is 18.8 Å². The number of amides is 1. The maximum atomic E-state index is 12.3. The Labute approximate surface area is 244 Å². The molecule has 1 saturated carbocycles. The van der Waals surface area contributed by atoms with Crippen molar-refractivity contribution in [2.45, 2.75) is 98.1 Å². The summed E-state index contributed by atoms with van der Waals surface area (Å²) < 4.78 is 17.0. The SMILES string of the molecule is CCOC(=O)Cc1ccc(C2CCCC2)cc1O/C(=C/C(=C(\C)O)c1cccc(CNC(=O)OC(C)(C)C)c1)CC. The normalized spacial score (nSPS) is 14.8. The minimum Gasteiger partial charge on any atom is -0.512 e. The number of hydrogen-bond acceptors (Lipinski definition) is 6. The van der Waals surface area contributed by atoms with Crippen LogP contribution >= 0.6 is 0 Å². The number of ether oxygens (including phenoxy) is 3. The van der Waals surface area contributed by atoms with Crippen molar-refractivity contribution in [2.75, 3.05) is 6.61 Å². The molecule has 0 bridgehead atoms. The number of aliphatic hydroxyl groups excluding tert-OH is 1. The maximum Gasteiger partial charge on any atom is 0.407 e. The molecule has 0 aromatic heterocycles. The van der Waals surface area contributed by atoms with Crippen LogP contribution in [0.25, 0.3) is 5.57 Å². The summed E-state index contributed by atoms with van der Waals surface area (Å²) in [6.07, 6.45) is 6.81. The first-order valence-electron chi connectivity index (χ1n) is 14.6. The third kappa shape index (κ3) is 9.99. The van der Waals surface area contributed by atoms with E-state index in [1.807, 2.05) is 64.1 Å². The van der Waals surface area contributed by atoms with E-state index < -0.39 is 11.7 Å². The van der Waals surface area contributed by atoms with Crippen LogP contribution in [0.15, 0.2) is 60.1 Å². The van der Waals surface area contributed by atoms with E-state index in [1.54, 1.807) is 13.8 Å². The number of alkyl carbamates (subject to hydrolysis) is 1. The Kier molecular flexibility index (Phi) is 11.4. The predicted octanol–water partition coefficient (Wildman–Crippen LogP) is 8.14. The van der Waals surface area contributed by atoms with Crippen LogP contribution in [0, 0.1) is 0 Å². The van der Waals surface area contributed by atoms with E-state index in [1.165, 1.54) is 18.4 Å². The molecule has 7 heteroatoms. The second-order valence-electron chi connectivity index (χ2n) is 11.5. The highest BCUT2D eigenvalue weighted by atomic mass is 16.6. The number of nitrogens with one attached hydrogen (secondary N) is 1. The van der Waals surface area contributed by atoms with Crippen LogP contribution in [-0.4, -0.2) is 29.4 Å². The highest BCUT2D eigenvalue weighted by Crippen LogP contribution is 2.37. The third-order valence-corrected chi connectivity index (χ3v) is 6.92. The lowest BCUT2D eigenvalue weighted by molar-refractivity contribution is -0.142. The van der Waals surface area contributed by atoms with Crippen LogP contribution in [0.1, 0.15) is 102 Å². The second kappa shape index (κ2) is 14.8. The molecule has 0 heterocycles. The van der Waals surface area contributed by atoms with Crippen LogP contribution in [-0.2, 0) is 27.2 Å². The van der Waals surface area contributed by atoms with Gasteiger partial charge in [0, 0.05) is 24.1 Å². The Bertz CT molecular complexity index is 1260. The fourth-order valence-electron chi connectivity index (χ4n) is 4.93. The van der Waals surface area contributed by atoms with Gasteiger partial charge in [-0.2, -0.15) is 0 Å². The standard InChI is InChI=1S/C34H45NO6/c1-7-29(40-31-19-26(25-13-9-10-14-25)16-17-28(31)20-32(37)39-8-2)21-30(23(3)36)27-15-11-12-24(18-27)22-35-33(38)41-34(4,5)6/h11-12,15-19,21,25,36H,7-10,13-14,20,22H2,1-6H3,(H,35,38)/b29-21+,30-23-. The van der Waals surface area contributed by atoms with Gasteiger partial charge >= 0.3 is 12.1 Å². The Hall–Kier alpha value is -3.74. The number of esters is 1. The summed E-state index contributed by atoms with van der Waals surface area (Å²) in [5.41, 5.74) is 3.67. The van der Waals surface area contributed by atoms with Crippen LogP contribution in [0.5, 0.6) is 5.75 Å². The molecule has 1 aliphatic rings. The van der Waals surface area contributed by atoms with Crippen molar-refractivity contribution in [2.24, 2.45) is 0 Å². The van der Waals surface area contributed by atoms with Crippen LogP contribution < -0.4 is 10.1 Å². The van der Waals surface area contributed by atoms with Gasteiger partial charge in [-0.25, -0.2) is 4.79 Å². The Balaban J connectivity index is 1.87. The van der Waals surface area contributed by atoms with Gasteiger partial charge in [-0.3, -0.25) is 4.79 Å². The first-order chi connectivity index (χ1) is 19.5. The fourth-order valence-corrected chi connectivity index (χ4v) is 4.93. The van der Waals surface area contributed by atoms with Crippen molar-refractivity contribution < 1.29 is 28.9 Å². The molecule has 222 valence electrons. The minimum absolute atomic E-state index is 0.125. The molecule has 2 aromatic carbocycles. The molecule has 0 atom stereocenters. The summed E-state index contributed by atoms with van der Waals surface area (Å²) in [7, 11) is 0. The number of allylic oxidation sites excluding steroid dienone is 4. The maximum absolute atomic E-state index is 12.3. The molecule has 2 N–H and O–H groups in total. The molecule has 3 rings (SSSR count). The van der Waals surface area contributed by atoms with E-state index in [9.17, 15) is 14.7 Å². The molecular weight excluding hydrogens is 518 g/mol. The highest BCUT2D eigenvalue weighted by molar-refractivity contribution is 5.76. The summed E-state index contributed by atoms with van der Waals surface area (Å²) in [5.74, 6) is 1.63. The lowest BCUT2D eigenvalue weighted by atomic mass is 9.95. The van der Waals surface area contributed by atoms with Gasteiger partial charge in [0.15, 0.2) is 0 Å². The van der Waals surface area contributed by atoms with Crippen LogP contribution in [0.3, 0.4) is 0 Å². The number of rotatable bonds is 11. The molecular formula is C34H45NO6. The number of carbonyl (C=O) groups is 2. The van der Waals surface area contributed by atoms with Crippen molar-refractivity contribution in [3.8, 4) is 5.75 Å². The van der Waals surface area contributed by atoms with Crippen molar-refractivity contribution in [3.05, 3.63) is 82.3 Å². The lowest BCUT2D eigenvalue weighted by Gasteiger charge is -2.19. The van der Waals surface area contributed by atoms with E-state index in [-0.39, 0.29) is 24.7 Å². The zero-order chi connectivity index (χ0) is 30.0. The number of aliphatic hydroxyl groups is 1. The molecule has 2 aromatic rings. The molecule has 1 aliphatic carbocycles. The lowest BCUT2D eigenvalue weighted by Crippen LogP contribution is -2.32. The summed E-state index contributed by atoms with van der Waals surface area (Å²) in [6.45, 7) is 11.5. The van der Waals surface area contributed by atoms with Gasteiger partial charge in [0.2, 0.25) is 0 Å². The van der Waals surface area contributed by atoms with E-state index in [4.69, 9.17) is 14.2 Å². The number of hydrogen-bond donors (Lipinski definition) is 2. The number of carbonyl (C=O) groups excluding carboxylic acids is 2.